The fourth-order valence-electron chi connectivity index (χ4n) is 3.23. The Morgan fingerprint density at radius 1 is 1.19 bits per heavy atom. The van der Waals surface area contributed by atoms with Crippen LogP contribution in [0, 0.1) is 11.2 Å². The van der Waals surface area contributed by atoms with Gasteiger partial charge in [-0.25, -0.2) is 9.18 Å². The maximum atomic E-state index is 14.5. The zero-order valence-electron chi connectivity index (χ0n) is 15.7. The molecule has 0 unspecified atom stereocenters. The molecule has 3 nitrogen and oxygen atoms in total. The molecule has 2 saturated carbocycles. The Morgan fingerprint density at radius 3 is 2.26 bits per heavy atom. The summed E-state index contributed by atoms with van der Waals surface area (Å²) >= 11 is 0. The Labute approximate surface area is 156 Å². The van der Waals surface area contributed by atoms with E-state index in [4.69, 9.17) is 9.47 Å². The van der Waals surface area contributed by atoms with Crippen LogP contribution in [-0.2, 0) is 4.74 Å². The van der Waals surface area contributed by atoms with Crippen LogP contribution in [-0.4, -0.2) is 24.4 Å². The van der Waals surface area contributed by atoms with Crippen LogP contribution < -0.4 is 4.74 Å². The minimum atomic E-state index is -4.35. The Balaban J connectivity index is 1.84. The van der Waals surface area contributed by atoms with Gasteiger partial charge in [0.05, 0.1) is 11.0 Å². The van der Waals surface area contributed by atoms with Crippen LogP contribution in [0.2, 0.25) is 0 Å². The van der Waals surface area contributed by atoms with Crippen molar-refractivity contribution in [2.45, 2.75) is 70.6 Å². The molecule has 0 atom stereocenters. The molecule has 0 amide bonds. The maximum Gasteiger partial charge on any atom is 0.397 e. The van der Waals surface area contributed by atoms with Gasteiger partial charge in [-0.2, -0.15) is 13.2 Å². The van der Waals surface area contributed by atoms with Crippen LogP contribution in [0.3, 0.4) is 0 Å². The van der Waals surface area contributed by atoms with Crippen LogP contribution in [0.1, 0.15) is 74.7 Å². The lowest BCUT2D eigenvalue weighted by Crippen LogP contribution is -2.48. The summed E-state index contributed by atoms with van der Waals surface area (Å²) in [5.41, 5.74) is -2.27. The number of rotatable bonds is 5. The molecule has 0 saturated heterocycles. The van der Waals surface area contributed by atoms with Crippen molar-refractivity contribution in [3.63, 3.8) is 0 Å². The number of hydrogen-bond donors (Lipinski definition) is 0. The van der Waals surface area contributed by atoms with E-state index in [1.807, 2.05) is 0 Å². The average Bonchev–Trinajstić information content (AvgIpc) is 3.27. The fourth-order valence-corrected chi connectivity index (χ4v) is 3.23. The molecule has 27 heavy (non-hydrogen) atoms. The lowest BCUT2D eigenvalue weighted by atomic mass is 9.69. The predicted molar refractivity (Wildman–Crippen MR) is 91.4 cm³/mol. The van der Waals surface area contributed by atoms with Crippen molar-refractivity contribution in [1.29, 1.82) is 0 Å². The molecule has 0 spiro atoms. The molecule has 150 valence electrons. The number of ether oxygens (including phenoxy) is 2. The molecule has 2 fully saturated rings. The van der Waals surface area contributed by atoms with E-state index in [2.05, 4.69) is 0 Å². The largest absolute Gasteiger partial charge is 0.492 e. The molecule has 0 radical (unpaired) electrons. The van der Waals surface area contributed by atoms with Gasteiger partial charge in [0.1, 0.15) is 23.8 Å². The molecule has 1 aromatic rings. The quantitative estimate of drug-likeness (QED) is 0.475. The van der Waals surface area contributed by atoms with Gasteiger partial charge in [-0.1, -0.05) is 6.42 Å². The average molecular weight is 388 g/mol. The number of halogens is 4. The van der Waals surface area contributed by atoms with E-state index in [9.17, 15) is 22.4 Å². The van der Waals surface area contributed by atoms with Gasteiger partial charge in [-0.05, 0) is 64.0 Å². The highest BCUT2D eigenvalue weighted by molar-refractivity contribution is 5.90. The van der Waals surface area contributed by atoms with Gasteiger partial charge < -0.3 is 9.47 Å². The fraction of sp³-hybridized carbons (Fsp3) is 0.650. The van der Waals surface area contributed by atoms with E-state index in [0.717, 1.165) is 18.9 Å². The van der Waals surface area contributed by atoms with E-state index in [0.29, 0.717) is 12.0 Å². The second-order valence-corrected chi connectivity index (χ2v) is 8.57. The summed E-state index contributed by atoms with van der Waals surface area (Å²) in [6.07, 6.45) is -2.13. The highest BCUT2D eigenvalue weighted by atomic mass is 19.4. The molecule has 0 aliphatic heterocycles. The Morgan fingerprint density at radius 2 is 1.81 bits per heavy atom. The van der Waals surface area contributed by atoms with E-state index in [1.165, 1.54) is 6.07 Å². The minimum absolute atomic E-state index is 0.0216. The second-order valence-electron chi connectivity index (χ2n) is 8.57. The third-order valence-corrected chi connectivity index (χ3v) is 5.15. The second kappa shape index (κ2) is 6.67. The highest BCUT2D eigenvalue weighted by Gasteiger charge is 2.59. The van der Waals surface area contributed by atoms with Crippen molar-refractivity contribution < 1.29 is 31.8 Å². The van der Waals surface area contributed by atoms with Gasteiger partial charge in [0.2, 0.25) is 0 Å². The van der Waals surface area contributed by atoms with Gasteiger partial charge in [-0.15, -0.1) is 0 Å². The molecule has 3 rings (SSSR count). The summed E-state index contributed by atoms with van der Waals surface area (Å²) in [7, 11) is 0. The zero-order chi connectivity index (χ0) is 20.0. The third-order valence-electron chi connectivity index (χ3n) is 5.15. The van der Waals surface area contributed by atoms with Crippen molar-refractivity contribution in [1.82, 2.24) is 0 Å². The first kappa shape index (κ1) is 20.0. The van der Waals surface area contributed by atoms with Crippen LogP contribution >= 0.6 is 0 Å². The van der Waals surface area contributed by atoms with E-state index in [-0.39, 0.29) is 30.1 Å². The zero-order valence-corrected chi connectivity index (χ0v) is 15.7. The van der Waals surface area contributed by atoms with Gasteiger partial charge in [0.25, 0.3) is 0 Å². The number of carbonyl (C=O) groups excluding carboxylic acids is 1. The molecule has 0 bridgehead atoms. The lowest BCUT2D eigenvalue weighted by Gasteiger charge is -2.42. The Kier molecular flexibility index (Phi) is 4.93. The maximum absolute atomic E-state index is 14.5. The van der Waals surface area contributed by atoms with Crippen LogP contribution in [0.4, 0.5) is 17.6 Å². The number of carbonyl (C=O) groups is 1. The topological polar surface area (TPSA) is 35.5 Å². The van der Waals surface area contributed by atoms with Crippen LogP contribution in [0.15, 0.2) is 12.1 Å². The molecule has 7 heteroatoms. The predicted octanol–water partition coefficient (Wildman–Crippen LogP) is 5.77. The smallest absolute Gasteiger partial charge is 0.397 e. The molecule has 0 N–H and O–H groups in total. The first-order valence-electron chi connectivity index (χ1n) is 9.18. The van der Waals surface area contributed by atoms with Gasteiger partial charge >= 0.3 is 12.1 Å². The van der Waals surface area contributed by atoms with Gasteiger partial charge in [-0.3, -0.25) is 0 Å². The standard InChI is InChI=1S/C20H24F4O3/c1-18(2,3)27-17(25)14-9-13(12-5-6-12)16(10-15(14)21)26-11-19(7-4-8-19)20(22,23)24/h9-10,12H,4-8,11H2,1-3H3. The van der Waals surface area contributed by atoms with E-state index < -0.39 is 35.6 Å². The molecular formula is C20H24F4O3. The summed E-state index contributed by atoms with van der Waals surface area (Å²) in [5.74, 6) is -1.47. The van der Waals surface area contributed by atoms with Crippen molar-refractivity contribution in [2.75, 3.05) is 6.61 Å². The molecule has 2 aliphatic rings. The molecule has 0 heterocycles. The molecule has 2 aliphatic carbocycles. The third kappa shape index (κ3) is 4.22. The molecular weight excluding hydrogens is 364 g/mol. The van der Waals surface area contributed by atoms with E-state index >= 15 is 0 Å². The van der Waals surface area contributed by atoms with Crippen LogP contribution in [0.5, 0.6) is 5.75 Å². The lowest BCUT2D eigenvalue weighted by molar-refractivity contribution is -0.259. The first-order chi connectivity index (χ1) is 12.4. The number of alkyl halides is 3. The number of esters is 1. The summed E-state index contributed by atoms with van der Waals surface area (Å²) < 4.78 is 65.1. The Hall–Kier alpha value is -1.79. The molecule has 0 aromatic heterocycles. The van der Waals surface area contributed by atoms with Crippen molar-refractivity contribution in [3.8, 4) is 5.75 Å². The monoisotopic (exact) mass is 388 g/mol. The minimum Gasteiger partial charge on any atom is -0.492 e. The summed E-state index contributed by atoms with van der Waals surface area (Å²) in [6.45, 7) is 4.51. The highest BCUT2D eigenvalue weighted by Crippen LogP contribution is 2.53. The first-order valence-corrected chi connectivity index (χ1v) is 9.18. The van der Waals surface area contributed by atoms with Crippen LogP contribution in [0.25, 0.3) is 0 Å². The van der Waals surface area contributed by atoms with Crippen molar-refractivity contribution in [3.05, 3.63) is 29.1 Å². The molecule has 1 aromatic carbocycles. The normalized spacial score (nSPS) is 19.4. The van der Waals surface area contributed by atoms with Crippen molar-refractivity contribution in [2.24, 2.45) is 5.41 Å². The van der Waals surface area contributed by atoms with Crippen molar-refractivity contribution >= 4 is 5.97 Å². The van der Waals surface area contributed by atoms with E-state index in [1.54, 1.807) is 20.8 Å². The summed E-state index contributed by atoms with van der Waals surface area (Å²) in [6, 6.07) is 2.40. The summed E-state index contributed by atoms with van der Waals surface area (Å²) in [5, 5.41) is 0. The van der Waals surface area contributed by atoms with Gasteiger partial charge in [0, 0.05) is 6.07 Å². The number of hydrogen-bond acceptors (Lipinski definition) is 3. The summed E-state index contributed by atoms with van der Waals surface area (Å²) in [4.78, 5) is 12.2. The Bertz CT molecular complexity index is 726. The number of benzene rings is 1. The SMILES string of the molecule is CC(C)(C)OC(=O)c1cc(C2CC2)c(OCC2(C(F)(F)F)CCC2)cc1F. The van der Waals surface area contributed by atoms with Gasteiger partial charge in [0.15, 0.2) is 0 Å².